The molecule has 1 unspecified atom stereocenters. The van der Waals surface area contributed by atoms with Crippen LogP contribution in [0.25, 0.3) is 0 Å². The first-order chi connectivity index (χ1) is 26.0. The molecule has 53 heavy (non-hydrogen) atoms. The average molecular weight is 745 g/mol. The lowest BCUT2D eigenvalue weighted by Crippen LogP contribution is -2.30. The quantitative estimate of drug-likeness (QED) is 0.0269. The van der Waals surface area contributed by atoms with Gasteiger partial charge in [0.15, 0.2) is 6.10 Å². The molecule has 0 bridgehead atoms. The summed E-state index contributed by atoms with van der Waals surface area (Å²) in [4.78, 5) is 37.6. The van der Waals surface area contributed by atoms with Crippen LogP contribution >= 0.6 is 0 Å². The molecule has 0 spiro atoms. The molecule has 0 saturated carbocycles. The highest BCUT2D eigenvalue weighted by Gasteiger charge is 2.19. The minimum Gasteiger partial charge on any atom is -0.462 e. The Labute approximate surface area is 327 Å². The highest BCUT2D eigenvalue weighted by atomic mass is 16.6. The van der Waals surface area contributed by atoms with Crippen LogP contribution in [-0.4, -0.2) is 37.2 Å². The summed E-state index contributed by atoms with van der Waals surface area (Å²) < 4.78 is 16.6. The number of esters is 3. The molecular weight excluding hydrogens is 661 g/mol. The molecule has 0 amide bonds. The Morgan fingerprint density at radius 2 is 0.717 bits per heavy atom. The van der Waals surface area contributed by atoms with E-state index in [2.05, 4.69) is 57.2 Å². The van der Waals surface area contributed by atoms with Crippen molar-refractivity contribution in [1.82, 2.24) is 0 Å². The fourth-order valence-electron chi connectivity index (χ4n) is 6.18. The van der Waals surface area contributed by atoms with Crippen LogP contribution in [-0.2, 0) is 28.6 Å². The number of hydrogen-bond donors (Lipinski definition) is 0. The Kier molecular flexibility index (Phi) is 40.5. The number of ether oxygens (including phenoxy) is 3. The van der Waals surface area contributed by atoms with Crippen molar-refractivity contribution in [2.24, 2.45) is 0 Å². The van der Waals surface area contributed by atoms with E-state index in [1.807, 2.05) is 0 Å². The lowest BCUT2D eigenvalue weighted by molar-refractivity contribution is -0.167. The molecule has 0 N–H and O–H groups in total. The molecule has 0 radical (unpaired) electrons. The van der Waals surface area contributed by atoms with Gasteiger partial charge in [-0.1, -0.05) is 173 Å². The summed E-state index contributed by atoms with van der Waals surface area (Å²) in [6.07, 6.45) is 47.0. The SMILES string of the molecule is CCC/C=C\C/C=C\CCCCCCCC(=O)OC(COC(=O)CCCCCCC/C=C\CCCCCCCC)COC(=O)CCCCCCCCC. The fraction of sp³-hybridized carbons (Fsp3) is 0.809. The second kappa shape index (κ2) is 42.4. The highest BCUT2D eigenvalue weighted by molar-refractivity contribution is 5.71. The third-order valence-electron chi connectivity index (χ3n) is 9.60. The lowest BCUT2D eigenvalue weighted by Gasteiger charge is -2.18. The summed E-state index contributed by atoms with van der Waals surface area (Å²) in [7, 11) is 0. The fourth-order valence-corrected chi connectivity index (χ4v) is 6.18. The van der Waals surface area contributed by atoms with Gasteiger partial charge in [0.2, 0.25) is 0 Å². The van der Waals surface area contributed by atoms with Gasteiger partial charge in [-0.25, -0.2) is 0 Å². The summed E-state index contributed by atoms with van der Waals surface area (Å²) in [5.41, 5.74) is 0. The zero-order valence-electron chi connectivity index (χ0n) is 35.0. The molecule has 1 atom stereocenters. The second-order valence-electron chi connectivity index (χ2n) is 15.0. The Hall–Kier alpha value is -2.37. The molecule has 0 aromatic heterocycles. The first-order valence-electron chi connectivity index (χ1n) is 22.5. The molecule has 0 rings (SSSR count). The monoisotopic (exact) mass is 745 g/mol. The highest BCUT2D eigenvalue weighted by Crippen LogP contribution is 2.13. The van der Waals surface area contributed by atoms with E-state index in [1.165, 1.54) is 89.9 Å². The van der Waals surface area contributed by atoms with Crippen molar-refractivity contribution in [2.45, 2.75) is 232 Å². The summed E-state index contributed by atoms with van der Waals surface area (Å²) in [5.74, 6) is -0.909. The van der Waals surface area contributed by atoms with Crippen LogP contribution in [0.3, 0.4) is 0 Å². The smallest absolute Gasteiger partial charge is 0.306 e. The van der Waals surface area contributed by atoms with Gasteiger partial charge in [0.25, 0.3) is 0 Å². The Morgan fingerprint density at radius 3 is 1.13 bits per heavy atom. The van der Waals surface area contributed by atoms with Crippen LogP contribution in [0.15, 0.2) is 36.5 Å². The van der Waals surface area contributed by atoms with Gasteiger partial charge in [0.1, 0.15) is 13.2 Å². The van der Waals surface area contributed by atoms with E-state index >= 15 is 0 Å². The molecule has 0 saturated heterocycles. The predicted molar refractivity (Wildman–Crippen MR) is 224 cm³/mol. The minimum absolute atomic E-state index is 0.0797. The second-order valence-corrected chi connectivity index (χ2v) is 15.0. The molecule has 6 nitrogen and oxygen atoms in total. The van der Waals surface area contributed by atoms with Crippen LogP contribution in [0.1, 0.15) is 226 Å². The Morgan fingerprint density at radius 1 is 0.377 bits per heavy atom. The lowest BCUT2D eigenvalue weighted by atomic mass is 10.1. The van der Waals surface area contributed by atoms with Gasteiger partial charge in [-0.2, -0.15) is 0 Å². The van der Waals surface area contributed by atoms with Gasteiger partial charge in [-0.05, 0) is 70.6 Å². The van der Waals surface area contributed by atoms with Gasteiger partial charge in [-0.3, -0.25) is 14.4 Å². The van der Waals surface area contributed by atoms with E-state index in [9.17, 15) is 14.4 Å². The van der Waals surface area contributed by atoms with E-state index in [4.69, 9.17) is 14.2 Å². The maximum atomic E-state index is 12.7. The molecule has 0 aromatic carbocycles. The first kappa shape index (κ1) is 50.6. The van der Waals surface area contributed by atoms with Crippen molar-refractivity contribution in [3.05, 3.63) is 36.5 Å². The standard InChI is InChI=1S/C47H84O6/c1-4-7-10-13-16-18-20-22-23-25-26-28-31-34-37-40-46(49)52-43-44(42-51-45(48)39-36-33-30-15-12-9-6-3)53-47(50)41-38-35-32-29-27-24-21-19-17-14-11-8-5-2/h11,14,19,21-23,44H,4-10,12-13,15-18,20,24-43H2,1-3H3/b14-11-,21-19-,23-22-. The number of allylic oxidation sites excluding steroid dienone is 6. The van der Waals surface area contributed by atoms with E-state index in [1.54, 1.807) is 0 Å². The maximum Gasteiger partial charge on any atom is 0.306 e. The third-order valence-corrected chi connectivity index (χ3v) is 9.60. The average Bonchev–Trinajstić information content (AvgIpc) is 3.15. The van der Waals surface area contributed by atoms with E-state index in [0.29, 0.717) is 19.3 Å². The Balaban J connectivity index is 4.33. The summed E-state index contributed by atoms with van der Waals surface area (Å²) in [6, 6.07) is 0. The molecule has 0 aliphatic carbocycles. The third kappa shape index (κ3) is 40.6. The van der Waals surface area contributed by atoms with Crippen molar-refractivity contribution in [2.75, 3.05) is 13.2 Å². The number of rotatable bonds is 40. The number of carbonyl (C=O) groups excluding carboxylic acids is 3. The van der Waals surface area contributed by atoms with Crippen molar-refractivity contribution in [3.8, 4) is 0 Å². The molecule has 0 heterocycles. The van der Waals surface area contributed by atoms with E-state index < -0.39 is 6.10 Å². The van der Waals surface area contributed by atoms with Crippen molar-refractivity contribution in [1.29, 1.82) is 0 Å². The topological polar surface area (TPSA) is 78.9 Å². The molecular formula is C47H84O6. The van der Waals surface area contributed by atoms with Gasteiger partial charge >= 0.3 is 17.9 Å². The molecule has 0 aromatic rings. The maximum absolute atomic E-state index is 12.7. The van der Waals surface area contributed by atoms with Crippen LogP contribution in [0.4, 0.5) is 0 Å². The summed E-state index contributed by atoms with van der Waals surface area (Å²) >= 11 is 0. The minimum atomic E-state index is -0.776. The molecule has 0 fully saturated rings. The van der Waals surface area contributed by atoms with Crippen molar-refractivity contribution < 1.29 is 28.6 Å². The van der Waals surface area contributed by atoms with Crippen LogP contribution < -0.4 is 0 Å². The normalized spacial score (nSPS) is 12.3. The number of carbonyl (C=O) groups is 3. The van der Waals surface area contributed by atoms with Gasteiger partial charge < -0.3 is 14.2 Å². The van der Waals surface area contributed by atoms with Crippen molar-refractivity contribution >= 4 is 17.9 Å². The van der Waals surface area contributed by atoms with Gasteiger partial charge in [-0.15, -0.1) is 0 Å². The largest absolute Gasteiger partial charge is 0.462 e. The van der Waals surface area contributed by atoms with Crippen LogP contribution in [0.5, 0.6) is 0 Å². The van der Waals surface area contributed by atoms with Gasteiger partial charge in [0.05, 0.1) is 0 Å². The first-order valence-corrected chi connectivity index (χ1v) is 22.5. The molecule has 0 aliphatic rings. The predicted octanol–water partition coefficient (Wildman–Crippen LogP) is 14.2. The van der Waals surface area contributed by atoms with Crippen molar-refractivity contribution in [3.63, 3.8) is 0 Å². The van der Waals surface area contributed by atoms with Crippen LogP contribution in [0, 0.1) is 0 Å². The van der Waals surface area contributed by atoms with Gasteiger partial charge in [0, 0.05) is 19.3 Å². The number of unbranched alkanes of at least 4 members (excludes halogenated alkanes) is 23. The summed E-state index contributed by atoms with van der Waals surface area (Å²) in [5, 5.41) is 0. The van der Waals surface area contributed by atoms with E-state index in [-0.39, 0.29) is 31.1 Å². The van der Waals surface area contributed by atoms with E-state index in [0.717, 1.165) is 96.3 Å². The zero-order valence-corrected chi connectivity index (χ0v) is 35.0. The number of hydrogen-bond acceptors (Lipinski definition) is 6. The molecule has 308 valence electrons. The Bertz CT molecular complexity index is 907. The molecule has 0 aliphatic heterocycles. The zero-order chi connectivity index (χ0) is 38.7. The molecule has 6 heteroatoms. The summed E-state index contributed by atoms with van der Waals surface area (Å²) in [6.45, 7) is 6.50. The van der Waals surface area contributed by atoms with Crippen LogP contribution in [0.2, 0.25) is 0 Å².